The summed E-state index contributed by atoms with van der Waals surface area (Å²) in [6, 6.07) is 1.19. The van der Waals surface area contributed by atoms with Crippen LogP contribution in [0.4, 0.5) is 0 Å². The summed E-state index contributed by atoms with van der Waals surface area (Å²) in [6.07, 6.45) is 9.32. The lowest BCUT2D eigenvalue weighted by atomic mass is 9.77. The Morgan fingerprint density at radius 3 is 2.76 bits per heavy atom. The average molecular weight is 239 g/mol. The molecule has 1 aliphatic carbocycles. The molecule has 3 heteroatoms. The molecule has 1 saturated carbocycles. The number of rotatable bonds is 4. The zero-order chi connectivity index (χ0) is 12.3. The van der Waals surface area contributed by atoms with Crippen LogP contribution < -0.4 is 0 Å². The molecule has 1 N–H and O–H groups in total. The van der Waals surface area contributed by atoms with Gasteiger partial charge < -0.3 is 5.11 Å². The number of carboxylic acids is 1. The van der Waals surface area contributed by atoms with Crippen LogP contribution in [0.3, 0.4) is 0 Å². The number of hydrogen-bond acceptors (Lipinski definition) is 2. The molecule has 1 aliphatic heterocycles. The van der Waals surface area contributed by atoms with E-state index in [0.717, 1.165) is 18.4 Å². The van der Waals surface area contributed by atoms with E-state index in [1.807, 2.05) is 0 Å². The van der Waals surface area contributed by atoms with Crippen molar-refractivity contribution in [1.29, 1.82) is 0 Å². The van der Waals surface area contributed by atoms with Crippen LogP contribution in [-0.2, 0) is 4.79 Å². The first kappa shape index (κ1) is 12.9. The quantitative estimate of drug-likeness (QED) is 0.820. The molecule has 0 spiro atoms. The van der Waals surface area contributed by atoms with Gasteiger partial charge >= 0.3 is 5.97 Å². The average Bonchev–Trinajstić information content (AvgIpc) is 2.35. The highest BCUT2D eigenvalue weighted by Gasteiger charge is 2.35. The zero-order valence-corrected chi connectivity index (χ0v) is 10.9. The lowest BCUT2D eigenvalue weighted by molar-refractivity contribution is -0.137. The summed E-state index contributed by atoms with van der Waals surface area (Å²) in [7, 11) is 0. The molecule has 3 nitrogen and oxygen atoms in total. The van der Waals surface area contributed by atoms with Crippen molar-refractivity contribution in [3.8, 4) is 0 Å². The van der Waals surface area contributed by atoms with Gasteiger partial charge in [-0.3, -0.25) is 9.69 Å². The summed E-state index contributed by atoms with van der Waals surface area (Å²) in [6.45, 7) is 3.39. The number of likely N-dealkylation sites (tertiary alicyclic amines) is 1. The van der Waals surface area contributed by atoms with Gasteiger partial charge in [0.05, 0.1) is 0 Å². The topological polar surface area (TPSA) is 40.5 Å². The highest BCUT2D eigenvalue weighted by molar-refractivity contribution is 5.66. The Kier molecular flexibility index (Phi) is 4.43. The molecule has 2 fully saturated rings. The van der Waals surface area contributed by atoms with E-state index in [4.69, 9.17) is 5.11 Å². The maximum atomic E-state index is 10.7. The number of carboxylic acid groups (broad SMARTS) is 1. The monoisotopic (exact) mass is 239 g/mol. The molecule has 3 atom stereocenters. The summed E-state index contributed by atoms with van der Waals surface area (Å²) in [4.78, 5) is 13.3. The van der Waals surface area contributed by atoms with Crippen LogP contribution in [0.15, 0.2) is 0 Å². The van der Waals surface area contributed by atoms with E-state index in [1.165, 1.54) is 45.1 Å². The number of aliphatic carboxylic acids is 1. The number of hydrogen-bond donors (Lipinski definition) is 1. The van der Waals surface area contributed by atoms with Gasteiger partial charge in [-0.25, -0.2) is 0 Å². The zero-order valence-electron chi connectivity index (χ0n) is 10.9. The third kappa shape index (κ3) is 3.21. The number of carbonyl (C=O) groups is 1. The summed E-state index contributed by atoms with van der Waals surface area (Å²) in [5.41, 5.74) is 0. The van der Waals surface area contributed by atoms with Gasteiger partial charge in [-0.15, -0.1) is 0 Å². The van der Waals surface area contributed by atoms with Crippen LogP contribution in [0, 0.1) is 5.92 Å². The fourth-order valence-corrected chi connectivity index (χ4v) is 3.71. The Bertz CT molecular complexity index is 265. The van der Waals surface area contributed by atoms with E-state index in [1.54, 1.807) is 0 Å². The van der Waals surface area contributed by atoms with Crippen LogP contribution in [0.5, 0.6) is 0 Å². The number of nitrogens with zero attached hydrogens (tertiary/aromatic N) is 1. The Balaban J connectivity index is 1.91. The first-order valence-electron chi connectivity index (χ1n) is 7.16. The Morgan fingerprint density at radius 2 is 2.00 bits per heavy atom. The van der Waals surface area contributed by atoms with Crippen molar-refractivity contribution in [3.63, 3.8) is 0 Å². The molecule has 98 valence electrons. The van der Waals surface area contributed by atoms with Crippen molar-refractivity contribution < 1.29 is 9.90 Å². The van der Waals surface area contributed by atoms with Gasteiger partial charge in [-0.05, 0) is 51.5 Å². The fraction of sp³-hybridized carbons (Fsp3) is 0.929. The van der Waals surface area contributed by atoms with E-state index in [0.29, 0.717) is 12.5 Å². The summed E-state index contributed by atoms with van der Waals surface area (Å²) < 4.78 is 0. The molecule has 0 aromatic heterocycles. The largest absolute Gasteiger partial charge is 0.481 e. The maximum absolute atomic E-state index is 10.7. The molecule has 17 heavy (non-hydrogen) atoms. The van der Waals surface area contributed by atoms with Crippen molar-refractivity contribution >= 4 is 5.97 Å². The van der Waals surface area contributed by atoms with Gasteiger partial charge in [0.2, 0.25) is 0 Å². The second-order valence-electron chi connectivity index (χ2n) is 5.77. The van der Waals surface area contributed by atoms with Gasteiger partial charge in [0, 0.05) is 18.5 Å². The minimum atomic E-state index is -0.658. The lowest BCUT2D eigenvalue weighted by Gasteiger charge is -2.47. The molecular formula is C14H25NO2. The Morgan fingerprint density at radius 1 is 1.29 bits per heavy atom. The standard InChI is InChI=1S/C14H25NO2/c1-11(8-9-14(16)17)15-10-4-6-12-5-2-3-7-13(12)15/h11-13H,2-10H2,1H3,(H,16,17). The van der Waals surface area contributed by atoms with Gasteiger partial charge in [0.1, 0.15) is 0 Å². The molecule has 2 rings (SSSR count). The van der Waals surface area contributed by atoms with Gasteiger partial charge in [0.25, 0.3) is 0 Å². The Hall–Kier alpha value is -0.570. The molecule has 2 aliphatic rings. The molecule has 3 unspecified atom stereocenters. The Labute approximate surface area is 104 Å². The predicted molar refractivity (Wildman–Crippen MR) is 68.0 cm³/mol. The van der Waals surface area contributed by atoms with Gasteiger partial charge in [-0.2, -0.15) is 0 Å². The van der Waals surface area contributed by atoms with Gasteiger partial charge in [-0.1, -0.05) is 12.8 Å². The minimum absolute atomic E-state index is 0.315. The van der Waals surface area contributed by atoms with Crippen LogP contribution in [0.2, 0.25) is 0 Å². The highest BCUT2D eigenvalue weighted by atomic mass is 16.4. The van der Waals surface area contributed by atoms with Gasteiger partial charge in [0.15, 0.2) is 0 Å². The van der Waals surface area contributed by atoms with Crippen molar-refractivity contribution in [1.82, 2.24) is 4.90 Å². The van der Waals surface area contributed by atoms with E-state index in [2.05, 4.69) is 11.8 Å². The molecule has 0 bridgehead atoms. The molecule has 1 saturated heterocycles. The second kappa shape index (κ2) is 5.85. The first-order chi connectivity index (χ1) is 8.18. The van der Waals surface area contributed by atoms with Crippen LogP contribution in [-0.4, -0.2) is 34.6 Å². The molecule has 1 heterocycles. The minimum Gasteiger partial charge on any atom is -0.481 e. The predicted octanol–water partition coefficient (Wildman–Crippen LogP) is 2.89. The van der Waals surface area contributed by atoms with Crippen LogP contribution in [0.1, 0.15) is 58.3 Å². The van der Waals surface area contributed by atoms with Crippen molar-refractivity contribution in [2.75, 3.05) is 6.54 Å². The normalized spacial score (nSPS) is 31.8. The smallest absolute Gasteiger partial charge is 0.303 e. The third-order valence-electron chi connectivity index (χ3n) is 4.63. The van der Waals surface area contributed by atoms with E-state index < -0.39 is 5.97 Å². The van der Waals surface area contributed by atoms with E-state index >= 15 is 0 Å². The van der Waals surface area contributed by atoms with Crippen molar-refractivity contribution in [2.24, 2.45) is 5.92 Å². The van der Waals surface area contributed by atoms with Crippen molar-refractivity contribution in [3.05, 3.63) is 0 Å². The molecule has 0 radical (unpaired) electrons. The van der Waals surface area contributed by atoms with Crippen molar-refractivity contribution in [2.45, 2.75) is 70.4 Å². The van der Waals surface area contributed by atoms with Crippen LogP contribution in [0.25, 0.3) is 0 Å². The third-order valence-corrected chi connectivity index (χ3v) is 4.63. The maximum Gasteiger partial charge on any atom is 0.303 e. The molecule has 0 aromatic rings. The fourth-order valence-electron chi connectivity index (χ4n) is 3.71. The molecule has 0 aromatic carbocycles. The highest BCUT2D eigenvalue weighted by Crippen LogP contribution is 2.36. The van der Waals surface area contributed by atoms with Crippen LogP contribution >= 0.6 is 0 Å². The number of fused-ring (bicyclic) bond motifs is 1. The van der Waals surface area contributed by atoms with E-state index in [-0.39, 0.29) is 0 Å². The SMILES string of the molecule is CC(CCC(=O)O)N1CCCC2CCCCC21. The molecule has 0 amide bonds. The number of piperidine rings is 1. The molecular weight excluding hydrogens is 214 g/mol. The second-order valence-corrected chi connectivity index (χ2v) is 5.77. The summed E-state index contributed by atoms with van der Waals surface area (Å²) >= 11 is 0. The lowest BCUT2D eigenvalue weighted by Crippen LogP contribution is -2.50. The van der Waals surface area contributed by atoms with E-state index in [9.17, 15) is 4.79 Å². The first-order valence-corrected chi connectivity index (χ1v) is 7.16. The summed E-state index contributed by atoms with van der Waals surface area (Å²) in [5.74, 6) is 0.235. The summed E-state index contributed by atoms with van der Waals surface area (Å²) in [5, 5.41) is 8.77.